The minimum Gasteiger partial charge on any atom is -0.481 e. The van der Waals surface area contributed by atoms with Crippen LogP contribution in [0.2, 0.25) is 0 Å². The summed E-state index contributed by atoms with van der Waals surface area (Å²) in [4.78, 5) is 24.5. The van der Waals surface area contributed by atoms with Crippen LogP contribution < -0.4 is 10.1 Å². The number of hydrogen-bond donors (Lipinski definition) is 1. The van der Waals surface area contributed by atoms with Crippen LogP contribution in [0.25, 0.3) is 0 Å². The average Bonchev–Trinajstić information content (AvgIpc) is 2.74. The van der Waals surface area contributed by atoms with Crippen LogP contribution in [-0.2, 0) is 4.79 Å². The zero-order valence-corrected chi connectivity index (χ0v) is 15.3. The first-order valence-electron chi connectivity index (χ1n) is 8.67. The summed E-state index contributed by atoms with van der Waals surface area (Å²) in [6.45, 7) is 1.41. The first-order valence-corrected chi connectivity index (χ1v) is 8.67. The lowest BCUT2D eigenvalue weighted by Gasteiger charge is -2.15. The van der Waals surface area contributed by atoms with Crippen molar-refractivity contribution in [3.63, 3.8) is 0 Å². The van der Waals surface area contributed by atoms with Crippen molar-refractivity contribution < 1.29 is 27.5 Å². The van der Waals surface area contributed by atoms with Crippen LogP contribution in [0.1, 0.15) is 22.8 Å². The molecule has 3 aromatic carbocycles. The fourth-order valence-corrected chi connectivity index (χ4v) is 2.56. The van der Waals surface area contributed by atoms with Crippen molar-refractivity contribution in [2.45, 2.75) is 13.0 Å². The molecule has 0 saturated heterocycles. The zero-order chi connectivity index (χ0) is 21.0. The second kappa shape index (κ2) is 8.60. The molecule has 29 heavy (non-hydrogen) atoms. The van der Waals surface area contributed by atoms with E-state index in [0.717, 1.165) is 6.07 Å². The van der Waals surface area contributed by atoms with Gasteiger partial charge in [0.25, 0.3) is 5.91 Å². The molecule has 1 amide bonds. The highest BCUT2D eigenvalue weighted by Gasteiger charge is 2.20. The van der Waals surface area contributed by atoms with E-state index in [1.54, 1.807) is 36.4 Å². The molecule has 0 saturated carbocycles. The van der Waals surface area contributed by atoms with Crippen molar-refractivity contribution in [2.75, 3.05) is 5.32 Å². The van der Waals surface area contributed by atoms with E-state index in [1.165, 1.54) is 19.1 Å². The number of halogens is 3. The van der Waals surface area contributed by atoms with Crippen molar-refractivity contribution in [1.29, 1.82) is 0 Å². The second-order valence-electron chi connectivity index (χ2n) is 6.19. The van der Waals surface area contributed by atoms with Gasteiger partial charge in [-0.25, -0.2) is 13.2 Å². The van der Waals surface area contributed by atoms with Gasteiger partial charge >= 0.3 is 0 Å². The standard InChI is InChI=1S/C22H16F3NO3/c1-13(22(28)26-18-12-11-17(23)19(24)20(18)25)29-16-9-7-15(8-10-16)21(27)14-5-3-2-4-6-14/h2-13H,1H3,(H,26,28)/t13-/m1/s1. The Hall–Kier alpha value is -3.61. The summed E-state index contributed by atoms with van der Waals surface area (Å²) in [6.07, 6.45) is -1.06. The predicted octanol–water partition coefficient (Wildman–Crippen LogP) is 4.74. The van der Waals surface area contributed by atoms with Crippen molar-refractivity contribution >= 4 is 17.4 Å². The lowest BCUT2D eigenvalue weighted by molar-refractivity contribution is -0.122. The number of hydrogen-bond acceptors (Lipinski definition) is 3. The number of anilines is 1. The van der Waals surface area contributed by atoms with Crippen LogP contribution in [0.5, 0.6) is 5.75 Å². The highest BCUT2D eigenvalue weighted by molar-refractivity contribution is 6.09. The second-order valence-corrected chi connectivity index (χ2v) is 6.19. The minimum atomic E-state index is -1.67. The normalized spacial score (nSPS) is 11.6. The van der Waals surface area contributed by atoms with E-state index in [-0.39, 0.29) is 5.78 Å². The molecular weight excluding hydrogens is 383 g/mol. The fourth-order valence-electron chi connectivity index (χ4n) is 2.56. The van der Waals surface area contributed by atoms with Crippen LogP contribution >= 0.6 is 0 Å². The van der Waals surface area contributed by atoms with Crippen LogP contribution in [0, 0.1) is 17.5 Å². The predicted molar refractivity (Wildman–Crippen MR) is 101 cm³/mol. The molecule has 0 fully saturated rings. The molecule has 0 aliphatic heterocycles. The summed E-state index contributed by atoms with van der Waals surface area (Å²) in [6, 6.07) is 16.6. The van der Waals surface area contributed by atoms with E-state index < -0.39 is 35.2 Å². The van der Waals surface area contributed by atoms with Crippen LogP contribution in [0.3, 0.4) is 0 Å². The molecule has 0 aliphatic rings. The Balaban J connectivity index is 1.64. The number of carbonyl (C=O) groups is 2. The molecule has 0 spiro atoms. The third-order valence-corrected chi connectivity index (χ3v) is 4.13. The summed E-state index contributed by atoms with van der Waals surface area (Å²) in [5.41, 5.74) is 0.500. The van der Waals surface area contributed by atoms with Gasteiger partial charge in [-0.2, -0.15) is 0 Å². The highest BCUT2D eigenvalue weighted by atomic mass is 19.2. The van der Waals surface area contributed by atoms with E-state index in [9.17, 15) is 22.8 Å². The maximum Gasteiger partial charge on any atom is 0.265 e. The van der Waals surface area contributed by atoms with Crippen molar-refractivity contribution in [3.8, 4) is 5.75 Å². The lowest BCUT2D eigenvalue weighted by atomic mass is 10.0. The van der Waals surface area contributed by atoms with Gasteiger partial charge in [-0.05, 0) is 43.3 Å². The quantitative estimate of drug-likeness (QED) is 0.481. The van der Waals surface area contributed by atoms with Crippen LogP contribution in [-0.4, -0.2) is 17.8 Å². The molecule has 7 heteroatoms. The molecule has 0 heterocycles. The molecule has 1 atom stereocenters. The largest absolute Gasteiger partial charge is 0.481 e. The van der Waals surface area contributed by atoms with Gasteiger partial charge in [-0.3, -0.25) is 9.59 Å². The van der Waals surface area contributed by atoms with E-state index in [1.807, 2.05) is 6.07 Å². The van der Waals surface area contributed by atoms with Crippen molar-refractivity contribution in [2.24, 2.45) is 0 Å². The third-order valence-electron chi connectivity index (χ3n) is 4.13. The molecular formula is C22H16F3NO3. The van der Waals surface area contributed by atoms with Crippen LogP contribution in [0.4, 0.5) is 18.9 Å². The van der Waals surface area contributed by atoms with E-state index >= 15 is 0 Å². The van der Waals surface area contributed by atoms with E-state index in [4.69, 9.17) is 4.74 Å². The van der Waals surface area contributed by atoms with Crippen molar-refractivity contribution in [3.05, 3.63) is 95.3 Å². The summed E-state index contributed by atoms with van der Waals surface area (Å²) in [5, 5.41) is 2.15. The SMILES string of the molecule is C[C@@H](Oc1ccc(C(=O)c2ccccc2)cc1)C(=O)Nc1ccc(F)c(F)c1F. The number of amides is 1. The van der Waals surface area contributed by atoms with Crippen LogP contribution in [0.15, 0.2) is 66.7 Å². The molecule has 4 nitrogen and oxygen atoms in total. The van der Waals surface area contributed by atoms with Crippen molar-refractivity contribution in [1.82, 2.24) is 0 Å². The van der Waals surface area contributed by atoms with Gasteiger partial charge in [-0.15, -0.1) is 0 Å². The summed E-state index contributed by atoms with van der Waals surface area (Å²) >= 11 is 0. The first-order chi connectivity index (χ1) is 13.9. The summed E-state index contributed by atoms with van der Waals surface area (Å²) in [5.74, 6) is -5.11. The number of benzene rings is 3. The lowest BCUT2D eigenvalue weighted by Crippen LogP contribution is -2.30. The average molecular weight is 399 g/mol. The number of rotatable bonds is 6. The number of nitrogens with one attached hydrogen (secondary N) is 1. The Bertz CT molecular complexity index is 1040. The van der Waals surface area contributed by atoms with Gasteiger partial charge in [0.2, 0.25) is 0 Å². The number of ether oxygens (including phenoxy) is 1. The van der Waals surface area contributed by atoms with Gasteiger partial charge in [0.15, 0.2) is 29.3 Å². The van der Waals surface area contributed by atoms with E-state index in [0.29, 0.717) is 22.9 Å². The van der Waals surface area contributed by atoms with Gasteiger partial charge in [-0.1, -0.05) is 30.3 Å². The summed E-state index contributed by atoms with van der Waals surface area (Å²) in [7, 11) is 0. The molecule has 0 bridgehead atoms. The topological polar surface area (TPSA) is 55.4 Å². The Kier molecular flexibility index (Phi) is 5.97. The van der Waals surface area contributed by atoms with Gasteiger partial charge < -0.3 is 10.1 Å². The van der Waals surface area contributed by atoms with Gasteiger partial charge in [0.05, 0.1) is 5.69 Å². The smallest absolute Gasteiger partial charge is 0.265 e. The molecule has 0 aliphatic carbocycles. The molecule has 0 aromatic heterocycles. The monoisotopic (exact) mass is 399 g/mol. The minimum absolute atomic E-state index is 0.156. The van der Waals surface area contributed by atoms with Gasteiger partial charge in [0, 0.05) is 11.1 Å². The first kappa shape index (κ1) is 20.1. The molecule has 1 N–H and O–H groups in total. The fraction of sp³-hybridized carbons (Fsp3) is 0.0909. The Morgan fingerprint density at radius 3 is 2.10 bits per heavy atom. The molecule has 148 valence electrons. The molecule has 0 radical (unpaired) electrons. The Morgan fingerprint density at radius 1 is 0.828 bits per heavy atom. The number of carbonyl (C=O) groups excluding carboxylic acids is 2. The third kappa shape index (κ3) is 4.63. The highest BCUT2D eigenvalue weighted by Crippen LogP contribution is 2.21. The Morgan fingerprint density at radius 2 is 1.45 bits per heavy atom. The maximum absolute atomic E-state index is 13.7. The zero-order valence-electron chi connectivity index (χ0n) is 15.3. The molecule has 3 rings (SSSR count). The maximum atomic E-state index is 13.7. The summed E-state index contributed by atoms with van der Waals surface area (Å²) < 4.78 is 45.4. The Labute approximate surface area is 164 Å². The molecule has 3 aromatic rings. The van der Waals surface area contributed by atoms with E-state index in [2.05, 4.69) is 5.32 Å². The molecule has 0 unspecified atom stereocenters. The number of ketones is 1. The van der Waals surface area contributed by atoms with Gasteiger partial charge in [0.1, 0.15) is 5.75 Å².